The number of nitrogen functional groups attached to an aromatic ring is 1. The van der Waals surface area contributed by atoms with Crippen LogP contribution in [-0.4, -0.2) is 23.2 Å². The predicted molar refractivity (Wildman–Crippen MR) is 56.1 cm³/mol. The summed E-state index contributed by atoms with van der Waals surface area (Å²) in [4.78, 5) is 12.0. The lowest BCUT2D eigenvalue weighted by Gasteiger charge is -2.21. The van der Waals surface area contributed by atoms with Gasteiger partial charge in [-0.3, -0.25) is 4.79 Å². The van der Waals surface area contributed by atoms with E-state index in [2.05, 4.69) is 0 Å². The fourth-order valence-corrected chi connectivity index (χ4v) is 1.86. The Labute approximate surface area is 100 Å². The Hall–Kier alpha value is -1.79. The van der Waals surface area contributed by atoms with Crippen LogP contribution in [-0.2, 0) is 17.9 Å². The van der Waals surface area contributed by atoms with E-state index in [1.54, 1.807) is 18.2 Å². The van der Waals surface area contributed by atoms with Gasteiger partial charge in [-0.05, 0) is 23.3 Å². The van der Waals surface area contributed by atoms with Crippen molar-refractivity contribution in [2.75, 3.05) is 5.73 Å². The molecule has 0 bridgehead atoms. The maximum atomic E-state index is 12.9. The third-order valence-corrected chi connectivity index (χ3v) is 2.80. The van der Waals surface area contributed by atoms with Crippen molar-refractivity contribution in [3.05, 3.63) is 29.3 Å². The molecule has 1 amide bonds. The molecule has 0 spiro atoms. The van der Waals surface area contributed by atoms with Crippen LogP contribution in [0.25, 0.3) is 0 Å². The van der Waals surface area contributed by atoms with E-state index in [0.29, 0.717) is 21.7 Å². The van der Waals surface area contributed by atoms with Crippen molar-refractivity contribution >= 4 is 11.6 Å². The topological polar surface area (TPSA) is 46.3 Å². The van der Waals surface area contributed by atoms with Gasteiger partial charge < -0.3 is 10.6 Å². The van der Waals surface area contributed by atoms with Gasteiger partial charge in [0, 0.05) is 18.8 Å². The van der Waals surface area contributed by atoms with Crippen LogP contribution in [0.4, 0.5) is 23.2 Å². The predicted octanol–water partition coefficient (Wildman–Crippen LogP) is 2.01. The molecule has 7 heteroatoms. The highest BCUT2D eigenvalue weighted by Crippen LogP contribution is 2.31. The first-order chi connectivity index (χ1) is 8.32. The van der Waals surface area contributed by atoms with Crippen molar-refractivity contribution in [3.8, 4) is 0 Å². The Morgan fingerprint density at radius 2 is 1.89 bits per heavy atom. The molecule has 0 aromatic heterocycles. The van der Waals surface area contributed by atoms with E-state index in [0.717, 1.165) is 0 Å². The molecule has 18 heavy (non-hydrogen) atoms. The maximum absolute atomic E-state index is 12.9. The van der Waals surface area contributed by atoms with Crippen molar-refractivity contribution < 1.29 is 22.4 Å². The number of anilines is 1. The van der Waals surface area contributed by atoms with Crippen molar-refractivity contribution in [2.24, 2.45) is 0 Å². The molecule has 0 unspecified atom stereocenters. The largest absolute Gasteiger partial charge is 0.399 e. The van der Waals surface area contributed by atoms with E-state index in [9.17, 15) is 22.4 Å². The molecule has 1 aliphatic heterocycles. The number of rotatable bonds is 2. The number of nitrogens with zero attached hydrogens (tertiary/aromatic N) is 1. The van der Waals surface area contributed by atoms with Crippen LogP contribution in [0.15, 0.2) is 18.2 Å². The molecule has 1 aliphatic rings. The summed E-state index contributed by atoms with van der Waals surface area (Å²) < 4.78 is 50.0. The fourth-order valence-electron chi connectivity index (χ4n) is 1.86. The summed E-state index contributed by atoms with van der Waals surface area (Å²) in [5, 5.41) is 0. The van der Waals surface area contributed by atoms with Gasteiger partial charge in [-0.2, -0.15) is 8.78 Å². The molecule has 0 fully saturated rings. The SMILES string of the molecule is Nc1ccc2c(c1)CN(C(=O)C(F)(F)C(F)F)C2. The molecule has 0 aliphatic carbocycles. The molecule has 98 valence electrons. The monoisotopic (exact) mass is 262 g/mol. The van der Waals surface area contributed by atoms with Crippen molar-refractivity contribution in [2.45, 2.75) is 25.4 Å². The number of fused-ring (bicyclic) bond motifs is 1. The van der Waals surface area contributed by atoms with Crippen molar-refractivity contribution in [1.82, 2.24) is 4.90 Å². The highest BCUT2D eigenvalue weighted by Gasteiger charge is 2.51. The lowest BCUT2D eigenvalue weighted by atomic mass is 10.1. The Kier molecular flexibility index (Phi) is 2.92. The highest BCUT2D eigenvalue weighted by atomic mass is 19.3. The molecule has 1 heterocycles. The number of hydrogen-bond acceptors (Lipinski definition) is 2. The fraction of sp³-hybridized carbons (Fsp3) is 0.364. The number of benzene rings is 1. The minimum absolute atomic E-state index is 0.100. The second-order valence-electron chi connectivity index (χ2n) is 4.11. The smallest absolute Gasteiger partial charge is 0.383 e. The third kappa shape index (κ3) is 2.00. The van der Waals surface area contributed by atoms with Crippen molar-refractivity contribution in [3.63, 3.8) is 0 Å². The summed E-state index contributed by atoms with van der Waals surface area (Å²) in [6.07, 6.45) is -4.00. The number of carbonyl (C=O) groups excluding carboxylic acids is 1. The molecule has 2 rings (SSSR count). The average Bonchev–Trinajstić information content (AvgIpc) is 2.70. The first-order valence-corrected chi connectivity index (χ1v) is 5.15. The van der Waals surface area contributed by atoms with Gasteiger partial charge in [-0.15, -0.1) is 0 Å². The summed E-state index contributed by atoms with van der Waals surface area (Å²) in [5.74, 6) is -6.50. The number of hydrogen-bond donors (Lipinski definition) is 1. The Balaban J connectivity index is 2.19. The minimum atomic E-state index is -4.65. The van der Waals surface area contributed by atoms with Gasteiger partial charge in [0.15, 0.2) is 0 Å². The van der Waals surface area contributed by atoms with E-state index < -0.39 is 18.3 Å². The van der Waals surface area contributed by atoms with Gasteiger partial charge >= 0.3 is 12.3 Å². The Bertz CT molecular complexity index is 490. The van der Waals surface area contributed by atoms with Crippen LogP contribution >= 0.6 is 0 Å². The lowest BCUT2D eigenvalue weighted by Crippen LogP contribution is -2.45. The molecule has 0 radical (unpaired) electrons. The average molecular weight is 262 g/mol. The number of alkyl halides is 4. The van der Waals surface area contributed by atoms with Crippen LogP contribution in [0.5, 0.6) is 0 Å². The Morgan fingerprint density at radius 1 is 1.28 bits per heavy atom. The molecular formula is C11H10F4N2O. The second kappa shape index (κ2) is 4.15. The van der Waals surface area contributed by atoms with Gasteiger partial charge in [-0.25, -0.2) is 8.78 Å². The standard InChI is InChI=1S/C11H10F4N2O/c12-9(13)11(14,15)10(18)17-4-6-1-2-8(16)3-7(6)5-17/h1-3,9H,4-5,16H2. The highest BCUT2D eigenvalue weighted by molar-refractivity contribution is 5.84. The zero-order valence-electron chi connectivity index (χ0n) is 9.17. The van der Waals surface area contributed by atoms with Gasteiger partial charge in [0.05, 0.1) is 0 Å². The minimum Gasteiger partial charge on any atom is -0.399 e. The van der Waals surface area contributed by atoms with Gasteiger partial charge in [0.25, 0.3) is 5.91 Å². The van der Waals surface area contributed by atoms with E-state index in [4.69, 9.17) is 5.73 Å². The van der Waals surface area contributed by atoms with Crippen LogP contribution < -0.4 is 5.73 Å². The summed E-state index contributed by atoms with van der Waals surface area (Å²) >= 11 is 0. The van der Waals surface area contributed by atoms with Crippen LogP contribution in [0.1, 0.15) is 11.1 Å². The number of carbonyl (C=O) groups is 1. The summed E-state index contributed by atoms with van der Waals surface area (Å²) in [7, 11) is 0. The number of nitrogens with two attached hydrogens (primary N) is 1. The van der Waals surface area contributed by atoms with Gasteiger partial charge in [0.1, 0.15) is 0 Å². The summed E-state index contributed by atoms with van der Waals surface area (Å²) in [6.45, 7) is -0.224. The summed E-state index contributed by atoms with van der Waals surface area (Å²) in [5.41, 5.74) is 7.20. The normalized spacial score (nSPS) is 15.1. The molecule has 0 saturated carbocycles. The van der Waals surface area contributed by atoms with Gasteiger partial charge in [0.2, 0.25) is 0 Å². The second-order valence-corrected chi connectivity index (χ2v) is 4.11. The molecule has 3 nitrogen and oxygen atoms in total. The molecule has 1 aromatic carbocycles. The third-order valence-electron chi connectivity index (χ3n) is 2.80. The van der Waals surface area contributed by atoms with Crippen molar-refractivity contribution in [1.29, 1.82) is 0 Å². The van der Waals surface area contributed by atoms with E-state index in [1.165, 1.54) is 0 Å². The molecule has 0 atom stereocenters. The zero-order valence-corrected chi connectivity index (χ0v) is 9.17. The van der Waals surface area contributed by atoms with Gasteiger partial charge in [-0.1, -0.05) is 6.07 Å². The van der Waals surface area contributed by atoms with E-state index in [1.807, 2.05) is 0 Å². The number of halogens is 4. The quantitative estimate of drug-likeness (QED) is 0.654. The summed E-state index contributed by atoms with van der Waals surface area (Å²) in [6, 6.07) is 4.71. The first-order valence-electron chi connectivity index (χ1n) is 5.15. The van der Waals surface area contributed by atoms with E-state index >= 15 is 0 Å². The van der Waals surface area contributed by atoms with Crippen LogP contribution in [0.2, 0.25) is 0 Å². The number of amides is 1. The maximum Gasteiger partial charge on any atom is 0.383 e. The lowest BCUT2D eigenvalue weighted by molar-refractivity contribution is -0.181. The first kappa shape index (κ1) is 12.7. The van der Waals surface area contributed by atoms with E-state index in [-0.39, 0.29) is 13.1 Å². The van der Waals surface area contributed by atoms with Crippen LogP contribution in [0.3, 0.4) is 0 Å². The molecule has 2 N–H and O–H groups in total. The van der Waals surface area contributed by atoms with Crippen LogP contribution in [0, 0.1) is 0 Å². The molecule has 0 saturated heterocycles. The molecule has 1 aromatic rings. The Morgan fingerprint density at radius 3 is 2.50 bits per heavy atom. The zero-order chi connectivity index (χ0) is 13.5. The molecular weight excluding hydrogens is 252 g/mol.